The SMILES string of the molecule is O=C1N(C2CCOCC2)CCC[C@]12CCN(Cc1cc(C3CC3)n[nH]1)C2. The number of piperidine rings is 1. The minimum absolute atomic E-state index is 0.143. The highest BCUT2D eigenvalue weighted by Gasteiger charge is 2.49. The van der Waals surface area contributed by atoms with Gasteiger partial charge in [0.2, 0.25) is 5.91 Å². The highest BCUT2D eigenvalue weighted by Crippen LogP contribution is 2.42. The predicted octanol–water partition coefficient (Wildman–Crippen LogP) is 2.28. The first-order chi connectivity index (χ1) is 12.7. The molecule has 0 bridgehead atoms. The molecule has 1 amide bonds. The molecule has 0 aromatic carbocycles. The van der Waals surface area contributed by atoms with Gasteiger partial charge in [-0.2, -0.15) is 5.10 Å². The molecule has 1 spiro atoms. The number of likely N-dealkylation sites (tertiary alicyclic amines) is 2. The predicted molar refractivity (Wildman–Crippen MR) is 97.7 cm³/mol. The fraction of sp³-hybridized carbons (Fsp3) is 0.800. The van der Waals surface area contributed by atoms with E-state index in [0.717, 1.165) is 71.5 Å². The summed E-state index contributed by atoms with van der Waals surface area (Å²) in [5.74, 6) is 1.11. The smallest absolute Gasteiger partial charge is 0.230 e. The van der Waals surface area contributed by atoms with Gasteiger partial charge in [0.25, 0.3) is 0 Å². The van der Waals surface area contributed by atoms with Crippen LogP contribution in [0.4, 0.5) is 0 Å². The van der Waals surface area contributed by atoms with Crippen LogP contribution >= 0.6 is 0 Å². The van der Waals surface area contributed by atoms with Crippen LogP contribution in [0.15, 0.2) is 6.07 Å². The number of rotatable bonds is 4. The zero-order chi connectivity index (χ0) is 17.6. The van der Waals surface area contributed by atoms with Crippen LogP contribution in [0, 0.1) is 5.41 Å². The van der Waals surface area contributed by atoms with Gasteiger partial charge in [-0.25, -0.2) is 0 Å². The van der Waals surface area contributed by atoms with Crippen molar-refractivity contribution in [2.75, 3.05) is 32.8 Å². The van der Waals surface area contributed by atoms with E-state index in [0.29, 0.717) is 17.9 Å². The lowest BCUT2D eigenvalue weighted by Gasteiger charge is -2.44. The molecule has 142 valence electrons. The second-order valence-electron chi connectivity index (χ2n) is 8.78. The number of amides is 1. The van der Waals surface area contributed by atoms with Gasteiger partial charge in [0.05, 0.1) is 11.1 Å². The Kier molecular flexibility index (Phi) is 4.28. The number of ether oxygens (including phenoxy) is 1. The molecule has 0 radical (unpaired) electrons. The van der Waals surface area contributed by atoms with Crippen LogP contribution in [0.5, 0.6) is 0 Å². The van der Waals surface area contributed by atoms with Crippen LogP contribution in [0.3, 0.4) is 0 Å². The van der Waals surface area contributed by atoms with Crippen LogP contribution < -0.4 is 0 Å². The summed E-state index contributed by atoms with van der Waals surface area (Å²) < 4.78 is 5.49. The molecule has 3 aliphatic heterocycles. The molecule has 5 rings (SSSR count). The molecule has 1 saturated carbocycles. The van der Waals surface area contributed by atoms with Crippen molar-refractivity contribution < 1.29 is 9.53 Å². The van der Waals surface area contributed by atoms with E-state index >= 15 is 0 Å². The molecule has 1 atom stereocenters. The molecule has 1 aromatic rings. The average molecular weight is 358 g/mol. The lowest BCUT2D eigenvalue weighted by atomic mass is 9.77. The standard InChI is InChI=1S/C20H30N4O2/c25-19-20(6-1-8-24(19)17-4-10-26-11-5-17)7-9-23(14-20)13-16-12-18(22-21-16)15-2-3-15/h12,15,17H,1-11,13-14H2,(H,21,22)/t20-/m1/s1. The van der Waals surface area contributed by atoms with E-state index in [4.69, 9.17) is 4.74 Å². The van der Waals surface area contributed by atoms with E-state index in [1.807, 2.05) is 0 Å². The van der Waals surface area contributed by atoms with Crippen molar-refractivity contribution in [2.24, 2.45) is 5.41 Å². The zero-order valence-electron chi connectivity index (χ0n) is 15.6. The molecule has 1 aromatic heterocycles. The molecular weight excluding hydrogens is 328 g/mol. The highest BCUT2D eigenvalue weighted by molar-refractivity contribution is 5.84. The normalized spacial score (nSPS) is 31.2. The van der Waals surface area contributed by atoms with Gasteiger partial charge >= 0.3 is 0 Å². The summed E-state index contributed by atoms with van der Waals surface area (Å²) in [6.45, 7) is 5.37. The van der Waals surface area contributed by atoms with Gasteiger partial charge in [0.15, 0.2) is 0 Å². The van der Waals surface area contributed by atoms with Crippen molar-refractivity contribution in [1.82, 2.24) is 20.0 Å². The Balaban J connectivity index is 1.24. The molecular formula is C20H30N4O2. The van der Waals surface area contributed by atoms with Gasteiger partial charge in [0.1, 0.15) is 0 Å². The van der Waals surface area contributed by atoms with Crippen molar-refractivity contribution in [1.29, 1.82) is 0 Å². The van der Waals surface area contributed by atoms with Gasteiger partial charge < -0.3 is 9.64 Å². The first kappa shape index (κ1) is 16.8. The number of hydrogen-bond donors (Lipinski definition) is 1. The highest BCUT2D eigenvalue weighted by atomic mass is 16.5. The molecule has 0 unspecified atom stereocenters. The molecule has 26 heavy (non-hydrogen) atoms. The number of H-pyrrole nitrogens is 1. The minimum Gasteiger partial charge on any atom is -0.381 e. The van der Waals surface area contributed by atoms with Gasteiger partial charge in [-0.15, -0.1) is 0 Å². The Morgan fingerprint density at radius 3 is 2.85 bits per heavy atom. The molecule has 6 nitrogen and oxygen atoms in total. The van der Waals surface area contributed by atoms with Crippen molar-refractivity contribution in [3.63, 3.8) is 0 Å². The zero-order valence-corrected chi connectivity index (χ0v) is 15.6. The first-order valence-corrected chi connectivity index (χ1v) is 10.4. The quantitative estimate of drug-likeness (QED) is 0.897. The lowest BCUT2D eigenvalue weighted by molar-refractivity contribution is -0.150. The number of aromatic nitrogens is 2. The average Bonchev–Trinajstić information content (AvgIpc) is 3.29. The minimum atomic E-state index is -0.143. The Hall–Kier alpha value is -1.40. The van der Waals surface area contributed by atoms with Gasteiger partial charge in [-0.3, -0.25) is 14.8 Å². The maximum atomic E-state index is 13.4. The summed E-state index contributed by atoms with van der Waals surface area (Å²) in [5.41, 5.74) is 2.29. The molecule has 6 heteroatoms. The Morgan fingerprint density at radius 1 is 1.19 bits per heavy atom. The van der Waals surface area contributed by atoms with Crippen LogP contribution in [-0.4, -0.2) is 64.8 Å². The number of carbonyl (C=O) groups excluding carboxylic acids is 1. The lowest BCUT2D eigenvalue weighted by Crippen LogP contribution is -2.54. The summed E-state index contributed by atoms with van der Waals surface area (Å²) in [4.78, 5) is 18.0. The van der Waals surface area contributed by atoms with E-state index < -0.39 is 0 Å². The molecule has 1 aliphatic carbocycles. The van der Waals surface area contributed by atoms with Crippen LogP contribution in [-0.2, 0) is 16.1 Å². The first-order valence-electron chi connectivity index (χ1n) is 10.4. The van der Waals surface area contributed by atoms with Gasteiger partial charge in [-0.1, -0.05) is 0 Å². The number of nitrogens with zero attached hydrogens (tertiary/aromatic N) is 3. The van der Waals surface area contributed by atoms with E-state index in [9.17, 15) is 4.79 Å². The van der Waals surface area contributed by atoms with Gasteiger partial charge in [-0.05, 0) is 57.6 Å². The summed E-state index contributed by atoms with van der Waals surface area (Å²) >= 11 is 0. The van der Waals surface area contributed by atoms with Crippen molar-refractivity contribution in [2.45, 2.75) is 63.5 Å². The number of nitrogens with one attached hydrogen (secondary N) is 1. The van der Waals surface area contributed by atoms with Crippen molar-refractivity contribution in [3.8, 4) is 0 Å². The van der Waals surface area contributed by atoms with E-state index in [1.54, 1.807) is 0 Å². The summed E-state index contributed by atoms with van der Waals surface area (Å²) in [6, 6.07) is 2.64. The fourth-order valence-corrected chi connectivity index (χ4v) is 5.21. The summed E-state index contributed by atoms with van der Waals surface area (Å²) in [7, 11) is 0. The third kappa shape index (κ3) is 3.07. The van der Waals surface area contributed by atoms with Gasteiger partial charge in [0, 0.05) is 50.5 Å². The fourth-order valence-electron chi connectivity index (χ4n) is 5.21. The third-order valence-electron chi connectivity index (χ3n) is 6.87. The summed E-state index contributed by atoms with van der Waals surface area (Å²) in [5, 5.41) is 7.69. The molecule has 4 fully saturated rings. The maximum Gasteiger partial charge on any atom is 0.230 e. The molecule has 4 heterocycles. The summed E-state index contributed by atoms with van der Waals surface area (Å²) in [6.07, 6.45) is 7.79. The third-order valence-corrected chi connectivity index (χ3v) is 6.87. The Bertz CT molecular complexity index is 665. The van der Waals surface area contributed by atoms with Crippen LogP contribution in [0.2, 0.25) is 0 Å². The van der Waals surface area contributed by atoms with Crippen LogP contribution in [0.1, 0.15) is 62.3 Å². The molecule has 4 aliphatic rings. The van der Waals surface area contributed by atoms with E-state index in [-0.39, 0.29) is 5.41 Å². The van der Waals surface area contributed by atoms with Crippen LogP contribution in [0.25, 0.3) is 0 Å². The largest absolute Gasteiger partial charge is 0.381 e. The number of hydrogen-bond acceptors (Lipinski definition) is 4. The number of carbonyl (C=O) groups is 1. The maximum absolute atomic E-state index is 13.4. The number of aromatic amines is 1. The second-order valence-corrected chi connectivity index (χ2v) is 8.78. The topological polar surface area (TPSA) is 61.5 Å². The van der Waals surface area contributed by atoms with Crippen molar-refractivity contribution >= 4 is 5.91 Å². The monoisotopic (exact) mass is 358 g/mol. The second kappa shape index (κ2) is 6.64. The molecule has 1 N–H and O–H groups in total. The van der Waals surface area contributed by atoms with E-state index in [2.05, 4.69) is 26.1 Å². The van der Waals surface area contributed by atoms with Crippen molar-refractivity contribution in [3.05, 3.63) is 17.5 Å². The van der Waals surface area contributed by atoms with E-state index in [1.165, 1.54) is 24.2 Å². The Labute approximate surface area is 155 Å². The molecule has 3 saturated heterocycles. The Morgan fingerprint density at radius 2 is 2.04 bits per heavy atom.